The van der Waals surface area contributed by atoms with E-state index in [0.29, 0.717) is 12.8 Å². The first-order valence-corrected chi connectivity index (χ1v) is 6.51. The molecule has 1 fully saturated rings. The zero-order valence-corrected chi connectivity index (χ0v) is 11.6. The summed E-state index contributed by atoms with van der Waals surface area (Å²) in [4.78, 5) is 25.1. The summed E-state index contributed by atoms with van der Waals surface area (Å²) in [7, 11) is 0. The second-order valence-corrected chi connectivity index (χ2v) is 5.40. The number of cyclic esters (lactones) is 1. The zero-order valence-electron chi connectivity index (χ0n) is 11.6. The number of benzene rings is 1. The quantitative estimate of drug-likeness (QED) is 0.840. The van der Waals surface area contributed by atoms with Gasteiger partial charge in [-0.15, -0.1) is 0 Å². The second-order valence-electron chi connectivity index (χ2n) is 5.40. The van der Waals surface area contributed by atoms with E-state index in [1.165, 1.54) is 4.90 Å². The molecular weight excluding hydrogens is 242 g/mol. The Morgan fingerprint density at radius 2 is 1.95 bits per heavy atom. The topological polar surface area (TPSA) is 46.6 Å². The average molecular weight is 261 g/mol. The van der Waals surface area contributed by atoms with Gasteiger partial charge in [-0.1, -0.05) is 30.3 Å². The molecule has 1 aliphatic rings. The molecule has 19 heavy (non-hydrogen) atoms. The number of carbonyl (C=O) groups is 2. The van der Waals surface area contributed by atoms with E-state index in [4.69, 9.17) is 4.74 Å². The summed E-state index contributed by atoms with van der Waals surface area (Å²) < 4.78 is 5.21. The molecule has 2 rings (SSSR count). The molecule has 1 aromatic rings. The molecule has 1 atom stereocenters. The predicted octanol–water partition coefficient (Wildman–Crippen LogP) is 2.77. The Bertz CT molecular complexity index is 481. The molecule has 0 spiro atoms. The molecule has 0 saturated carbocycles. The van der Waals surface area contributed by atoms with Crippen LogP contribution in [0.1, 0.15) is 32.8 Å². The number of carbonyl (C=O) groups excluding carboxylic acids is 2. The predicted molar refractivity (Wildman–Crippen MR) is 71.6 cm³/mol. The lowest BCUT2D eigenvalue weighted by Gasteiger charge is -2.23. The molecule has 0 radical (unpaired) electrons. The minimum atomic E-state index is -0.612. The summed E-state index contributed by atoms with van der Waals surface area (Å²) in [5.41, 5.74) is 0.481. The van der Waals surface area contributed by atoms with E-state index < -0.39 is 11.7 Å². The van der Waals surface area contributed by atoms with Crippen molar-refractivity contribution in [1.29, 1.82) is 0 Å². The minimum Gasteiger partial charge on any atom is -0.441 e. The van der Waals surface area contributed by atoms with Crippen LogP contribution in [0.2, 0.25) is 0 Å². The van der Waals surface area contributed by atoms with E-state index in [-0.39, 0.29) is 11.9 Å². The number of amides is 2. The number of hydrogen-bond acceptors (Lipinski definition) is 3. The van der Waals surface area contributed by atoms with E-state index in [1.54, 1.807) is 0 Å². The van der Waals surface area contributed by atoms with Crippen molar-refractivity contribution in [2.75, 3.05) is 0 Å². The molecular formula is C15H19NO3. The Morgan fingerprint density at radius 1 is 1.32 bits per heavy atom. The number of hydrogen-bond donors (Lipinski definition) is 0. The van der Waals surface area contributed by atoms with Crippen molar-refractivity contribution in [3.63, 3.8) is 0 Å². The van der Waals surface area contributed by atoms with Crippen molar-refractivity contribution in [3.05, 3.63) is 35.9 Å². The van der Waals surface area contributed by atoms with Gasteiger partial charge in [-0.2, -0.15) is 0 Å². The summed E-state index contributed by atoms with van der Waals surface area (Å²) in [6.45, 7) is 5.48. The van der Waals surface area contributed by atoms with Crippen LogP contribution in [-0.4, -0.2) is 28.5 Å². The lowest BCUT2D eigenvalue weighted by Crippen LogP contribution is -2.42. The standard InChI is InChI=1S/C15H19NO3/c1-11-15(2,3)19-14(18)16(11)13(17)10-9-12-7-5-4-6-8-12/h4-8,11H,9-10H2,1-3H3/t11-/m0/s1. The number of rotatable bonds is 3. The molecule has 2 amide bonds. The molecule has 0 N–H and O–H groups in total. The fourth-order valence-corrected chi connectivity index (χ4v) is 2.16. The van der Waals surface area contributed by atoms with E-state index in [0.717, 1.165) is 5.56 Å². The molecule has 102 valence electrons. The molecule has 1 aliphatic heterocycles. The van der Waals surface area contributed by atoms with Crippen LogP contribution in [0.5, 0.6) is 0 Å². The van der Waals surface area contributed by atoms with Crippen LogP contribution in [0.15, 0.2) is 30.3 Å². The van der Waals surface area contributed by atoms with Gasteiger partial charge in [0.05, 0.1) is 6.04 Å². The largest absolute Gasteiger partial charge is 0.441 e. The third-order valence-corrected chi connectivity index (χ3v) is 3.68. The van der Waals surface area contributed by atoms with E-state index in [1.807, 2.05) is 51.1 Å². The Morgan fingerprint density at radius 3 is 2.47 bits per heavy atom. The number of aryl methyl sites for hydroxylation is 1. The van der Waals surface area contributed by atoms with Crippen molar-refractivity contribution < 1.29 is 14.3 Å². The molecule has 0 unspecified atom stereocenters. The van der Waals surface area contributed by atoms with Gasteiger partial charge in [-0.25, -0.2) is 9.69 Å². The monoisotopic (exact) mass is 261 g/mol. The molecule has 0 bridgehead atoms. The molecule has 0 aliphatic carbocycles. The van der Waals surface area contributed by atoms with Gasteiger partial charge in [-0.05, 0) is 32.8 Å². The molecule has 1 aromatic carbocycles. The van der Waals surface area contributed by atoms with Gasteiger partial charge in [0.25, 0.3) is 0 Å². The van der Waals surface area contributed by atoms with E-state index in [9.17, 15) is 9.59 Å². The Labute approximate surface area is 113 Å². The van der Waals surface area contributed by atoms with E-state index in [2.05, 4.69) is 0 Å². The van der Waals surface area contributed by atoms with Crippen LogP contribution in [0.4, 0.5) is 4.79 Å². The summed E-state index contributed by atoms with van der Waals surface area (Å²) in [5.74, 6) is -0.174. The first-order valence-electron chi connectivity index (χ1n) is 6.51. The minimum absolute atomic E-state index is 0.174. The van der Waals surface area contributed by atoms with Crippen molar-refractivity contribution in [2.45, 2.75) is 45.3 Å². The first-order chi connectivity index (χ1) is 8.92. The summed E-state index contributed by atoms with van der Waals surface area (Å²) in [6.07, 6.45) is 0.423. The third kappa shape index (κ3) is 2.78. The van der Waals surface area contributed by atoms with Crippen LogP contribution < -0.4 is 0 Å². The van der Waals surface area contributed by atoms with Gasteiger partial charge in [0, 0.05) is 6.42 Å². The highest BCUT2D eigenvalue weighted by molar-refractivity contribution is 5.94. The van der Waals surface area contributed by atoms with Gasteiger partial charge < -0.3 is 4.74 Å². The van der Waals surface area contributed by atoms with Crippen molar-refractivity contribution in [1.82, 2.24) is 4.90 Å². The molecule has 4 heteroatoms. The number of imide groups is 1. The van der Waals surface area contributed by atoms with Gasteiger partial charge >= 0.3 is 6.09 Å². The van der Waals surface area contributed by atoms with Crippen LogP contribution in [0.3, 0.4) is 0 Å². The van der Waals surface area contributed by atoms with Gasteiger partial charge in [0.2, 0.25) is 5.91 Å². The van der Waals surface area contributed by atoms with Gasteiger partial charge in [-0.3, -0.25) is 4.79 Å². The maximum atomic E-state index is 12.2. The van der Waals surface area contributed by atoms with Crippen LogP contribution in [0, 0.1) is 0 Å². The fraction of sp³-hybridized carbons (Fsp3) is 0.467. The highest BCUT2D eigenvalue weighted by atomic mass is 16.6. The van der Waals surface area contributed by atoms with Gasteiger partial charge in [0.15, 0.2) is 0 Å². The van der Waals surface area contributed by atoms with Crippen LogP contribution in [0.25, 0.3) is 0 Å². The molecule has 1 saturated heterocycles. The normalized spacial score (nSPS) is 21.3. The van der Waals surface area contributed by atoms with Crippen molar-refractivity contribution in [3.8, 4) is 0 Å². The van der Waals surface area contributed by atoms with E-state index >= 15 is 0 Å². The lowest BCUT2D eigenvalue weighted by atomic mass is 10.0. The zero-order chi connectivity index (χ0) is 14.0. The van der Waals surface area contributed by atoms with Gasteiger partial charge in [0.1, 0.15) is 5.60 Å². The number of nitrogens with zero attached hydrogens (tertiary/aromatic N) is 1. The number of ether oxygens (including phenoxy) is 1. The highest BCUT2D eigenvalue weighted by Crippen LogP contribution is 2.29. The summed E-state index contributed by atoms with van der Waals surface area (Å²) in [6, 6.07) is 9.54. The van der Waals surface area contributed by atoms with Crippen LogP contribution >= 0.6 is 0 Å². The maximum absolute atomic E-state index is 12.2. The highest BCUT2D eigenvalue weighted by Gasteiger charge is 2.47. The van der Waals surface area contributed by atoms with Crippen LogP contribution in [-0.2, 0) is 16.0 Å². The molecule has 0 aromatic heterocycles. The SMILES string of the molecule is C[C@@H]1N(C(=O)CCc2ccccc2)C(=O)OC1(C)C. The first kappa shape index (κ1) is 13.6. The second kappa shape index (κ2) is 5.03. The lowest BCUT2D eigenvalue weighted by molar-refractivity contribution is -0.129. The Kier molecular flexibility index (Phi) is 3.60. The Hall–Kier alpha value is -1.84. The van der Waals surface area contributed by atoms with Crippen molar-refractivity contribution in [2.24, 2.45) is 0 Å². The molecule has 4 nitrogen and oxygen atoms in total. The fourth-order valence-electron chi connectivity index (χ4n) is 2.16. The summed E-state index contributed by atoms with van der Waals surface area (Å²) in [5, 5.41) is 0. The smallest absolute Gasteiger partial charge is 0.417 e. The van der Waals surface area contributed by atoms with Crippen molar-refractivity contribution >= 4 is 12.0 Å². The molecule has 1 heterocycles. The average Bonchev–Trinajstić information content (AvgIpc) is 2.57. The maximum Gasteiger partial charge on any atom is 0.417 e. The Balaban J connectivity index is 1.99. The third-order valence-electron chi connectivity index (χ3n) is 3.68. The summed E-state index contributed by atoms with van der Waals surface area (Å²) >= 11 is 0.